The Hall–Kier alpha value is -0.720. The molecule has 0 aliphatic carbocycles. The van der Waals surface area contributed by atoms with Gasteiger partial charge in [-0.05, 0) is 12.8 Å². The average Bonchev–Trinajstić information content (AvgIpc) is 2.14. The predicted octanol–water partition coefficient (Wildman–Crippen LogP) is -1.05. The molecule has 1 fully saturated rings. The first kappa shape index (κ1) is 11.4. The minimum absolute atomic E-state index is 0.196. The van der Waals surface area contributed by atoms with Crippen LogP contribution in [0.4, 0.5) is 0 Å². The summed E-state index contributed by atoms with van der Waals surface area (Å²) < 4.78 is 32.6. The van der Waals surface area contributed by atoms with Gasteiger partial charge in [-0.3, -0.25) is 4.55 Å². The molecule has 3 N–H and O–H groups in total. The van der Waals surface area contributed by atoms with Crippen molar-refractivity contribution in [3.8, 4) is 6.07 Å². The van der Waals surface area contributed by atoms with E-state index in [9.17, 15) is 8.42 Å². The smallest absolute Gasteiger partial charge is 0.300 e. The summed E-state index contributed by atoms with van der Waals surface area (Å²) in [5, 5.41) is 11.4. The van der Waals surface area contributed by atoms with E-state index in [1.807, 2.05) is 6.07 Å². The van der Waals surface area contributed by atoms with E-state index in [-0.39, 0.29) is 12.1 Å². The van der Waals surface area contributed by atoms with Crippen LogP contribution in [0, 0.1) is 11.3 Å². The Balaban J connectivity index is 2.27. The third kappa shape index (κ3) is 3.99. The van der Waals surface area contributed by atoms with Crippen LogP contribution in [0.15, 0.2) is 0 Å². The lowest BCUT2D eigenvalue weighted by atomic mass is 10.0. The van der Waals surface area contributed by atoms with E-state index in [1.165, 1.54) is 0 Å². The standard InChI is InChI=1S/C6H11N3O4S/c7-3-5-1-2-6(4-8-5)9-13-14(10,11)12/h5-6,8-9H,1-2,4H2,(H,10,11,12)/t5-,6-/m0/s1. The summed E-state index contributed by atoms with van der Waals surface area (Å²) in [6.45, 7) is 0.424. The summed E-state index contributed by atoms with van der Waals surface area (Å²) in [6, 6.07) is 1.63. The molecule has 0 aromatic carbocycles. The summed E-state index contributed by atoms with van der Waals surface area (Å²) in [5.41, 5.74) is 2.20. The summed E-state index contributed by atoms with van der Waals surface area (Å²) >= 11 is 0. The molecule has 0 radical (unpaired) electrons. The van der Waals surface area contributed by atoms with Crippen molar-refractivity contribution >= 4 is 10.4 Å². The number of rotatable bonds is 3. The number of nitriles is 1. The average molecular weight is 221 g/mol. The number of nitrogens with zero attached hydrogens (tertiary/aromatic N) is 1. The van der Waals surface area contributed by atoms with Crippen LogP contribution >= 0.6 is 0 Å². The van der Waals surface area contributed by atoms with E-state index in [1.54, 1.807) is 0 Å². The van der Waals surface area contributed by atoms with Gasteiger partial charge in [-0.25, -0.2) is 0 Å². The molecule has 8 heteroatoms. The molecule has 1 heterocycles. The van der Waals surface area contributed by atoms with Crippen molar-refractivity contribution in [3.05, 3.63) is 0 Å². The van der Waals surface area contributed by atoms with Crippen molar-refractivity contribution in [1.82, 2.24) is 10.8 Å². The minimum Gasteiger partial charge on any atom is -0.300 e. The van der Waals surface area contributed by atoms with Crippen molar-refractivity contribution in [2.45, 2.75) is 24.9 Å². The molecule has 1 saturated heterocycles. The molecule has 0 bridgehead atoms. The van der Waals surface area contributed by atoms with Gasteiger partial charge in [0, 0.05) is 12.6 Å². The van der Waals surface area contributed by atoms with Gasteiger partial charge in [0.2, 0.25) is 0 Å². The Morgan fingerprint density at radius 1 is 1.57 bits per heavy atom. The molecular formula is C6H11N3O4S. The van der Waals surface area contributed by atoms with Crippen molar-refractivity contribution < 1.29 is 17.3 Å². The lowest BCUT2D eigenvalue weighted by Crippen LogP contribution is -2.47. The molecule has 2 atom stereocenters. The zero-order valence-electron chi connectivity index (χ0n) is 7.30. The van der Waals surface area contributed by atoms with E-state index in [0.717, 1.165) is 0 Å². The molecule has 1 aliphatic heterocycles. The fourth-order valence-electron chi connectivity index (χ4n) is 1.20. The first-order valence-electron chi connectivity index (χ1n) is 4.05. The maximum Gasteiger partial charge on any atom is 0.413 e. The van der Waals surface area contributed by atoms with Gasteiger partial charge in [0.1, 0.15) is 0 Å². The molecule has 1 aliphatic rings. The van der Waals surface area contributed by atoms with Crippen LogP contribution in [0.3, 0.4) is 0 Å². The van der Waals surface area contributed by atoms with Gasteiger partial charge in [0.15, 0.2) is 0 Å². The van der Waals surface area contributed by atoms with Gasteiger partial charge in [-0.1, -0.05) is 0 Å². The zero-order valence-corrected chi connectivity index (χ0v) is 8.12. The van der Waals surface area contributed by atoms with Gasteiger partial charge in [0.25, 0.3) is 0 Å². The molecule has 0 aromatic rings. The topological polar surface area (TPSA) is 111 Å². The third-order valence-corrected chi connectivity index (χ3v) is 2.20. The van der Waals surface area contributed by atoms with Crippen molar-refractivity contribution in [1.29, 1.82) is 5.26 Å². The summed E-state index contributed by atoms with van der Waals surface area (Å²) in [4.78, 5) is 0. The highest BCUT2D eigenvalue weighted by Crippen LogP contribution is 2.07. The first-order valence-corrected chi connectivity index (χ1v) is 5.42. The zero-order chi connectivity index (χ0) is 10.6. The maximum atomic E-state index is 10.2. The van der Waals surface area contributed by atoms with Gasteiger partial charge in [0.05, 0.1) is 12.1 Å². The number of hydrogen-bond donors (Lipinski definition) is 3. The SMILES string of the molecule is N#C[C@@H]1CC[C@H](NOS(=O)(=O)O)CN1. The number of nitrogens with one attached hydrogen (secondary N) is 2. The summed E-state index contributed by atoms with van der Waals surface area (Å²) in [6.07, 6.45) is 1.23. The number of piperidine rings is 1. The number of hydroxylamine groups is 1. The van der Waals surface area contributed by atoms with Crippen LogP contribution in [0.2, 0.25) is 0 Å². The quantitative estimate of drug-likeness (QED) is 0.412. The molecule has 7 nitrogen and oxygen atoms in total. The first-order chi connectivity index (χ1) is 6.51. The van der Waals surface area contributed by atoms with Crippen molar-refractivity contribution in [3.63, 3.8) is 0 Å². The lowest BCUT2D eigenvalue weighted by Gasteiger charge is -2.25. The van der Waals surface area contributed by atoms with Crippen molar-refractivity contribution in [2.75, 3.05) is 6.54 Å². The molecule has 0 spiro atoms. The molecule has 0 amide bonds. The Morgan fingerprint density at radius 3 is 2.71 bits per heavy atom. The van der Waals surface area contributed by atoms with E-state index >= 15 is 0 Å². The Bertz CT molecular complexity index is 314. The molecule has 0 unspecified atom stereocenters. The van der Waals surface area contributed by atoms with Gasteiger partial charge in [-0.2, -0.15) is 23.4 Å². The second-order valence-electron chi connectivity index (χ2n) is 2.99. The molecule has 1 rings (SSSR count). The van der Waals surface area contributed by atoms with Crippen LogP contribution in [0.5, 0.6) is 0 Å². The molecule has 14 heavy (non-hydrogen) atoms. The largest absolute Gasteiger partial charge is 0.413 e. The van der Waals surface area contributed by atoms with Crippen LogP contribution in [0.25, 0.3) is 0 Å². The fourth-order valence-corrected chi connectivity index (χ4v) is 1.45. The predicted molar refractivity (Wildman–Crippen MR) is 46.2 cm³/mol. The monoisotopic (exact) mass is 221 g/mol. The maximum absolute atomic E-state index is 10.2. The van der Waals surface area contributed by atoms with Crippen LogP contribution < -0.4 is 10.8 Å². The summed E-state index contributed by atoms with van der Waals surface area (Å²) in [7, 11) is -4.45. The molecule has 0 saturated carbocycles. The Labute approximate surface area is 82.0 Å². The van der Waals surface area contributed by atoms with Crippen LogP contribution in [0.1, 0.15) is 12.8 Å². The van der Waals surface area contributed by atoms with Gasteiger partial charge < -0.3 is 5.32 Å². The fraction of sp³-hybridized carbons (Fsp3) is 0.833. The van der Waals surface area contributed by atoms with E-state index in [0.29, 0.717) is 19.4 Å². The van der Waals surface area contributed by atoms with Crippen LogP contribution in [-0.4, -0.2) is 31.6 Å². The lowest BCUT2D eigenvalue weighted by molar-refractivity contribution is 0.124. The molecular weight excluding hydrogens is 210 g/mol. The molecule has 0 aromatic heterocycles. The highest BCUT2D eigenvalue weighted by atomic mass is 32.3. The normalized spacial score (nSPS) is 28.3. The van der Waals surface area contributed by atoms with Crippen molar-refractivity contribution in [2.24, 2.45) is 0 Å². The van der Waals surface area contributed by atoms with E-state index in [4.69, 9.17) is 9.81 Å². The summed E-state index contributed by atoms with van der Waals surface area (Å²) in [5.74, 6) is 0. The minimum atomic E-state index is -4.45. The highest BCUT2D eigenvalue weighted by molar-refractivity contribution is 7.80. The Kier molecular flexibility index (Phi) is 3.79. The molecule has 80 valence electrons. The van der Waals surface area contributed by atoms with Crippen LogP contribution in [-0.2, 0) is 14.7 Å². The van der Waals surface area contributed by atoms with Gasteiger partial charge in [-0.15, -0.1) is 0 Å². The van der Waals surface area contributed by atoms with E-state index in [2.05, 4.69) is 15.1 Å². The third-order valence-electron chi connectivity index (χ3n) is 1.89. The highest BCUT2D eigenvalue weighted by Gasteiger charge is 2.21. The second kappa shape index (κ2) is 4.68. The van der Waals surface area contributed by atoms with Gasteiger partial charge >= 0.3 is 10.4 Å². The second-order valence-corrected chi connectivity index (χ2v) is 4.02. The van der Waals surface area contributed by atoms with E-state index < -0.39 is 10.4 Å². The number of hydrogen-bond acceptors (Lipinski definition) is 6. The Morgan fingerprint density at radius 2 is 2.29 bits per heavy atom.